The number of rotatable bonds is 3. The SMILES string of the molecule is C[C@@H](C(=O)Nc1ccc(C(F)(F)F)cc1)N1C(=O)c2ccccc2S1(=O)=O. The lowest BCUT2D eigenvalue weighted by atomic mass is 10.2. The van der Waals surface area contributed by atoms with Crippen molar-refractivity contribution in [1.82, 2.24) is 4.31 Å². The second kappa shape index (κ2) is 6.38. The van der Waals surface area contributed by atoms with E-state index >= 15 is 0 Å². The van der Waals surface area contributed by atoms with Crippen molar-refractivity contribution in [1.29, 1.82) is 0 Å². The van der Waals surface area contributed by atoms with Crippen LogP contribution in [0.5, 0.6) is 0 Å². The molecule has 0 aliphatic carbocycles. The first kappa shape index (κ1) is 18.9. The van der Waals surface area contributed by atoms with Gasteiger partial charge in [-0.3, -0.25) is 9.59 Å². The molecule has 0 radical (unpaired) electrons. The molecule has 1 aliphatic heterocycles. The Hall–Kier alpha value is -2.88. The first-order valence-corrected chi connectivity index (χ1v) is 9.13. The molecule has 2 aromatic carbocycles. The van der Waals surface area contributed by atoms with Crippen LogP contribution < -0.4 is 5.32 Å². The van der Waals surface area contributed by atoms with Crippen LogP contribution in [0.15, 0.2) is 53.4 Å². The fourth-order valence-corrected chi connectivity index (χ4v) is 4.41. The van der Waals surface area contributed by atoms with Gasteiger partial charge in [0, 0.05) is 5.69 Å². The van der Waals surface area contributed by atoms with Gasteiger partial charge < -0.3 is 5.32 Å². The van der Waals surface area contributed by atoms with Crippen LogP contribution in [0.25, 0.3) is 0 Å². The Morgan fingerprint density at radius 2 is 1.67 bits per heavy atom. The average molecular weight is 398 g/mol. The van der Waals surface area contributed by atoms with Crippen LogP contribution in [0.3, 0.4) is 0 Å². The van der Waals surface area contributed by atoms with Crippen LogP contribution in [-0.4, -0.2) is 30.6 Å². The van der Waals surface area contributed by atoms with Gasteiger partial charge in [0.1, 0.15) is 10.9 Å². The van der Waals surface area contributed by atoms with Crippen molar-refractivity contribution >= 4 is 27.5 Å². The Kier molecular flexibility index (Phi) is 4.46. The topological polar surface area (TPSA) is 83.6 Å². The molecule has 0 unspecified atom stereocenters. The van der Waals surface area contributed by atoms with Gasteiger partial charge in [-0.05, 0) is 43.3 Å². The minimum absolute atomic E-state index is 0.0355. The van der Waals surface area contributed by atoms with E-state index in [4.69, 9.17) is 0 Å². The number of benzene rings is 2. The van der Waals surface area contributed by atoms with E-state index in [0.29, 0.717) is 4.31 Å². The van der Waals surface area contributed by atoms with Crippen molar-refractivity contribution in [3.63, 3.8) is 0 Å². The highest BCUT2D eigenvalue weighted by Crippen LogP contribution is 2.32. The van der Waals surface area contributed by atoms with Gasteiger partial charge in [0.15, 0.2) is 0 Å². The van der Waals surface area contributed by atoms with Gasteiger partial charge in [-0.15, -0.1) is 0 Å². The van der Waals surface area contributed by atoms with E-state index < -0.39 is 39.6 Å². The summed E-state index contributed by atoms with van der Waals surface area (Å²) in [6, 6.07) is 7.84. The molecule has 0 saturated carbocycles. The summed E-state index contributed by atoms with van der Waals surface area (Å²) >= 11 is 0. The van der Waals surface area contributed by atoms with Crippen LogP contribution >= 0.6 is 0 Å². The number of hydrogen-bond donors (Lipinski definition) is 1. The zero-order chi connectivity index (χ0) is 20.0. The summed E-state index contributed by atoms with van der Waals surface area (Å²) in [6.45, 7) is 1.22. The quantitative estimate of drug-likeness (QED) is 0.862. The molecule has 0 bridgehead atoms. The maximum absolute atomic E-state index is 12.6. The molecule has 1 aliphatic rings. The Morgan fingerprint density at radius 3 is 2.22 bits per heavy atom. The van der Waals surface area contributed by atoms with Gasteiger partial charge in [-0.1, -0.05) is 12.1 Å². The predicted octanol–water partition coefficient (Wildman–Crippen LogP) is 2.88. The fourth-order valence-electron chi connectivity index (χ4n) is 2.68. The zero-order valence-corrected chi connectivity index (χ0v) is 14.6. The van der Waals surface area contributed by atoms with Gasteiger partial charge in [0.2, 0.25) is 5.91 Å². The molecule has 0 saturated heterocycles. The van der Waals surface area contributed by atoms with Crippen molar-refractivity contribution in [3.05, 3.63) is 59.7 Å². The van der Waals surface area contributed by atoms with Gasteiger partial charge in [-0.2, -0.15) is 13.2 Å². The summed E-state index contributed by atoms with van der Waals surface area (Å²) in [6.07, 6.45) is -4.52. The number of hydrogen-bond acceptors (Lipinski definition) is 4. The molecule has 1 atom stereocenters. The van der Waals surface area contributed by atoms with Crippen LogP contribution in [0.4, 0.5) is 18.9 Å². The van der Waals surface area contributed by atoms with Gasteiger partial charge in [-0.25, -0.2) is 12.7 Å². The number of anilines is 1. The molecular weight excluding hydrogens is 385 g/mol. The summed E-state index contributed by atoms with van der Waals surface area (Å²) < 4.78 is 63.3. The number of halogens is 3. The van der Waals surface area contributed by atoms with E-state index in [0.717, 1.165) is 24.3 Å². The lowest BCUT2D eigenvalue weighted by Gasteiger charge is -2.22. The summed E-state index contributed by atoms with van der Waals surface area (Å²) in [4.78, 5) is 24.6. The van der Waals surface area contributed by atoms with Crippen molar-refractivity contribution < 1.29 is 31.2 Å². The Balaban J connectivity index is 1.81. The Morgan fingerprint density at radius 1 is 1.07 bits per heavy atom. The largest absolute Gasteiger partial charge is 0.416 e. The minimum atomic E-state index is -4.52. The highest BCUT2D eigenvalue weighted by Gasteiger charge is 2.45. The minimum Gasteiger partial charge on any atom is -0.324 e. The van der Waals surface area contributed by atoms with E-state index in [9.17, 15) is 31.2 Å². The van der Waals surface area contributed by atoms with Crippen molar-refractivity contribution in [3.8, 4) is 0 Å². The van der Waals surface area contributed by atoms with E-state index in [1.807, 2.05) is 0 Å². The molecule has 6 nitrogen and oxygen atoms in total. The summed E-state index contributed by atoms with van der Waals surface area (Å²) in [7, 11) is -4.18. The van der Waals surface area contributed by atoms with Crippen LogP contribution in [-0.2, 0) is 21.0 Å². The number of nitrogens with zero attached hydrogens (tertiary/aromatic N) is 1. The third kappa shape index (κ3) is 3.27. The average Bonchev–Trinajstić information content (AvgIpc) is 2.80. The fraction of sp³-hybridized carbons (Fsp3) is 0.176. The van der Waals surface area contributed by atoms with Crippen LogP contribution in [0, 0.1) is 0 Å². The molecule has 3 rings (SSSR count). The summed E-state index contributed by atoms with van der Waals surface area (Å²) in [5.74, 6) is -1.68. The molecular formula is C17H13F3N2O4S. The summed E-state index contributed by atoms with van der Waals surface area (Å²) in [5.41, 5.74) is -0.880. The molecule has 0 fully saturated rings. The normalized spacial score (nSPS) is 16.7. The molecule has 0 spiro atoms. The monoisotopic (exact) mass is 398 g/mol. The third-order valence-corrected chi connectivity index (χ3v) is 5.98. The van der Waals surface area contributed by atoms with Gasteiger partial charge in [0.05, 0.1) is 11.1 Å². The molecule has 142 valence electrons. The second-order valence-electron chi connectivity index (χ2n) is 5.84. The Bertz CT molecular complexity index is 1020. The number of sulfonamides is 1. The molecule has 1 heterocycles. The number of alkyl halides is 3. The second-order valence-corrected chi connectivity index (χ2v) is 7.63. The molecule has 10 heteroatoms. The molecule has 0 aromatic heterocycles. The highest BCUT2D eigenvalue weighted by atomic mass is 32.2. The zero-order valence-electron chi connectivity index (χ0n) is 13.8. The number of fused-ring (bicyclic) bond motifs is 1. The first-order chi connectivity index (χ1) is 12.5. The number of amides is 2. The number of nitrogens with one attached hydrogen (secondary N) is 1. The standard InChI is InChI=1S/C17H13F3N2O4S/c1-10(15(23)21-12-8-6-11(7-9-12)17(18,19)20)22-16(24)13-4-2-3-5-14(13)27(22,25)26/h2-10H,1H3,(H,21,23)/t10-/m0/s1. The first-order valence-electron chi connectivity index (χ1n) is 7.69. The van der Waals surface area contributed by atoms with E-state index in [-0.39, 0.29) is 16.1 Å². The number of carbonyl (C=O) groups is 2. The smallest absolute Gasteiger partial charge is 0.324 e. The van der Waals surface area contributed by atoms with E-state index in [1.54, 1.807) is 0 Å². The molecule has 27 heavy (non-hydrogen) atoms. The predicted molar refractivity (Wildman–Crippen MR) is 89.3 cm³/mol. The number of carbonyl (C=O) groups excluding carboxylic acids is 2. The van der Waals surface area contributed by atoms with Crippen molar-refractivity contribution in [2.75, 3.05) is 5.32 Å². The van der Waals surface area contributed by atoms with Gasteiger partial charge in [0.25, 0.3) is 15.9 Å². The molecule has 1 N–H and O–H groups in total. The molecule has 2 amide bonds. The maximum Gasteiger partial charge on any atom is 0.416 e. The van der Waals surface area contributed by atoms with Crippen molar-refractivity contribution in [2.24, 2.45) is 0 Å². The van der Waals surface area contributed by atoms with Gasteiger partial charge >= 0.3 is 6.18 Å². The molecule has 2 aromatic rings. The lowest BCUT2D eigenvalue weighted by molar-refractivity contribution is -0.137. The van der Waals surface area contributed by atoms with Crippen LogP contribution in [0.2, 0.25) is 0 Å². The van der Waals surface area contributed by atoms with Crippen LogP contribution in [0.1, 0.15) is 22.8 Å². The lowest BCUT2D eigenvalue weighted by Crippen LogP contribution is -2.45. The maximum atomic E-state index is 12.6. The third-order valence-electron chi connectivity index (χ3n) is 4.07. The van der Waals surface area contributed by atoms with Crippen molar-refractivity contribution in [2.45, 2.75) is 24.0 Å². The Labute approximate surface area is 152 Å². The van der Waals surface area contributed by atoms with E-state index in [1.165, 1.54) is 31.2 Å². The van der Waals surface area contributed by atoms with E-state index in [2.05, 4.69) is 5.32 Å². The highest BCUT2D eigenvalue weighted by molar-refractivity contribution is 7.90. The summed E-state index contributed by atoms with van der Waals surface area (Å²) in [5, 5.41) is 2.32.